The molecule has 3 heterocycles. The lowest BCUT2D eigenvalue weighted by Crippen LogP contribution is -2.61. The van der Waals surface area contributed by atoms with Crippen LogP contribution in [0.25, 0.3) is 0 Å². The van der Waals surface area contributed by atoms with Crippen molar-refractivity contribution in [3.8, 4) is 0 Å². The summed E-state index contributed by atoms with van der Waals surface area (Å²) in [6, 6.07) is 47.9. The summed E-state index contributed by atoms with van der Waals surface area (Å²) in [5.74, 6) is 0. The number of hydrogen-bond acceptors (Lipinski definition) is 3. The second kappa shape index (κ2) is 13.4. The van der Waals surface area contributed by atoms with Gasteiger partial charge < -0.3 is 14.7 Å². The Morgan fingerprint density at radius 1 is 0.475 bits per heavy atom. The summed E-state index contributed by atoms with van der Waals surface area (Å²) in [5.41, 5.74) is 21.2. The van der Waals surface area contributed by atoms with E-state index < -0.39 is 0 Å². The average Bonchev–Trinajstić information content (AvgIpc) is 3.42. The Labute approximate surface area is 366 Å². The summed E-state index contributed by atoms with van der Waals surface area (Å²) in [4.78, 5) is 7.91. The molecule has 0 spiro atoms. The zero-order valence-corrected chi connectivity index (χ0v) is 38.8. The van der Waals surface area contributed by atoms with Gasteiger partial charge in [0.2, 0.25) is 0 Å². The normalized spacial score (nSPS) is 20.5. The third kappa shape index (κ3) is 5.98. The Bertz CT molecular complexity index is 2710. The van der Waals surface area contributed by atoms with Gasteiger partial charge in [0.15, 0.2) is 0 Å². The number of para-hydroxylation sites is 1. The first-order valence-corrected chi connectivity index (χ1v) is 22.9. The van der Waals surface area contributed by atoms with Gasteiger partial charge in [-0.05, 0) is 148 Å². The van der Waals surface area contributed by atoms with E-state index in [0.717, 1.165) is 0 Å². The van der Waals surface area contributed by atoms with Crippen LogP contribution < -0.4 is 31.1 Å². The number of nitrogens with zero attached hydrogens (tertiary/aromatic N) is 3. The maximum absolute atomic E-state index is 2.75. The summed E-state index contributed by atoms with van der Waals surface area (Å²) < 4.78 is 0. The highest BCUT2D eigenvalue weighted by Crippen LogP contribution is 2.61. The Kier molecular flexibility index (Phi) is 8.76. The van der Waals surface area contributed by atoms with E-state index in [9.17, 15) is 0 Å². The molecule has 1 fully saturated rings. The van der Waals surface area contributed by atoms with Gasteiger partial charge in [-0.15, -0.1) is 0 Å². The maximum atomic E-state index is 2.75. The second-order valence-electron chi connectivity index (χ2n) is 22.3. The minimum absolute atomic E-state index is 0.00196. The van der Waals surface area contributed by atoms with Crippen LogP contribution in [-0.4, -0.2) is 12.3 Å². The van der Waals surface area contributed by atoms with Crippen molar-refractivity contribution in [2.75, 3.05) is 14.7 Å². The molecule has 3 nitrogen and oxygen atoms in total. The number of hydrogen-bond donors (Lipinski definition) is 0. The van der Waals surface area contributed by atoms with Crippen molar-refractivity contribution in [2.24, 2.45) is 0 Å². The molecule has 1 saturated carbocycles. The molecule has 0 bridgehead atoms. The van der Waals surface area contributed by atoms with Crippen molar-refractivity contribution in [1.29, 1.82) is 0 Å². The van der Waals surface area contributed by atoms with Crippen molar-refractivity contribution in [2.45, 2.75) is 136 Å². The lowest BCUT2D eigenvalue weighted by atomic mass is 9.33. The van der Waals surface area contributed by atoms with E-state index in [-0.39, 0.29) is 33.9 Å². The molecule has 0 aromatic heterocycles. The molecule has 4 heteroatoms. The van der Waals surface area contributed by atoms with Gasteiger partial charge in [0.1, 0.15) is 0 Å². The van der Waals surface area contributed by atoms with Crippen LogP contribution in [0.5, 0.6) is 0 Å². The van der Waals surface area contributed by atoms with Crippen molar-refractivity contribution >= 4 is 68.6 Å². The number of aryl methyl sites for hydroxylation is 1. The van der Waals surface area contributed by atoms with Gasteiger partial charge in [0, 0.05) is 50.9 Å². The van der Waals surface area contributed by atoms with Gasteiger partial charge in [0.05, 0.1) is 5.54 Å². The molecule has 6 aromatic rings. The fourth-order valence-corrected chi connectivity index (χ4v) is 11.6. The van der Waals surface area contributed by atoms with Crippen LogP contribution in [0.15, 0.2) is 121 Å². The number of rotatable bonds is 3. The lowest BCUT2D eigenvalue weighted by Gasteiger charge is -2.50. The number of benzene rings is 6. The van der Waals surface area contributed by atoms with E-state index in [1.165, 1.54) is 115 Å². The Hall–Kier alpha value is -5.22. The van der Waals surface area contributed by atoms with Gasteiger partial charge in [0.25, 0.3) is 6.71 Å². The lowest BCUT2D eigenvalue weighted by molar-refractivity contribution is 0.195. The largest absolute Gasteiger partial charge is 0.334 e. The Morgan fingerprint density at radius 3 is 1.59 bits per heavy atom. The molecular weight excluding hydrogens is 737 g/mol. The van der Waals surface area contributed by atoms with Gasteiger partial charge in [-0.3, -0.25) is 0 Å². The highest BCUT2D eigenvalue weighted by atomic mass is 15.3. The Balaban J connectivity index is 1.25. The summed E-state index contributed by atoms with van der Waals surface area (Å²) in [7, 11) is 0. The standard InChI is InChI=1S/C57H64BN3/c1-37-33-50-52-51(34-37)60(42-26-21-39(22-27-42)54(5,6)7)49-36-43(61-47-18-14-13-17-44(47)56(11)31-15-16-32-57(56,61)12)28-29-45(49)58(52)46-35-40(55(8,9)10)23-30-48(46)59(50)41-24-19-38(20-25-41)53(2,3)4/h13-14,17-30,33-36H,15-16,31-32H2,1-12H3. The van der Waals surface area contributed by atoms with Crippen molar-refractivity contribution < 1.29 is 0 Å². The predicted octanol–water partition coefficient (Wildman–Crippen LogP) is 13.7. The number of fused-ring (bicyclic) bond motifs is 7. The van der Waals surface area contributed by atoms with E-state index in [4.69, 9.17) is 0 Å². The van der Waals surface area contributed by atoms with E-state index in [1.807, 2.05) is 0 Å². The molecule has 0 saturated heterocycles. The van der Waals surface area contributed by atoms with Crippen LogP contribution >= 0.6 is 0 Å². The van der Waals surface area contributed by atoms with Crippen molar-refractivity contribution in [3.05, 3.63) is 149 Å². The third-order valence-electron chi connectivity index (χ3n) is 15.3. The fourth-order valence-electron chi connectivity index (χ4n) is 11.6. The van der Waals surface area contributed by atoms with E-state index >= 15 is 0 Å². The molecule has 4 aliphatic rings. The SMILES string of the molecule is Cc1cc2c3c(c1)N(c1ccc(C(C)(C)C)cc1)c1cc(N4c5ccccc5C5(C)CCCCC45C)ccc1B3c1cc(C(C)(C)C)ccc1N2c1ccc(C(C)(C)C)cc1. The molecule has 2 atom stereocenters. The molecule has 10 rings (SSSR count). The molecule has 0 amide bonds. The van der Waals surface area contributed by atoms with Crippen LogP contribution in [0, 0.1) is 6.92 Å². The topological polar surface area (TPSA) is 9.72 Å². The second-order valence-corrected chi connectivity index (χ2v) is 22.3. The zero-order valence-electron chi connectivity index (χ0n) is 38.8. The molecule has 6 aromatic carbocycles. The maximum Gasteiger partial charge on any atom is 0.252 e. The summed E-state index contributed by atoms with van der Waals surface area (Å²) in [5, 5.41) is 0. The summed E-state index contributed by atoms with van der Waals surface area (Å²) in [6.07, 6.45) is 4.93. The molecular formula is C57H64BN3. The van der Waals surface area contributed by atoms with Crippen LogP contribution in [0.3, 0.4) is 0 Å². The molecule has 2 unspecified atom stereocenters. The predicted molar refractivity (Wildman–Crippen MR) is 264 cm³/mol. The minimum Gasteiger partial charge on any atom is -0.334 e. The highest BCUT2D eigenvalue weighted by molar-refractivity contribution is 7.00. The first-order valence-electron chi connectivity index (χ1n) is 22.9. The summed E-state index contributed by atoms with van der Waals surface area (Å²) >= 11 is 0. The van der Waals surface area contributed by atoms with Crippen molar-refractivity contribution in [1.82, 2.24) is 0 Å². The van der Waals surface area contributed by atoms with Crippen LogP contribution in [0.2, 0.25) is 0 Å². The Morgan fingerprint density at radius 2 is 1.00 bits per heavy atom. The minimum atomic E-state index is -0.0270. The fraction of sp³-hybridized carbons (Fsp3) is 0.368. The van der Waals surface area contributed by atoms with Gasteiger partial charge in [-0.1, -0.05) is 143 Å². The van der Waals surface area contributed by atoms with E-state index in [2.05, 4.69) is 219 Å². The van der Waals surface area contributed by atoms with E-state index in [1.54, 1.807) is 0 Å². The molecule has 0 radical (unpaired) electrons. The van der Waals surface area contributed by atoms with Crippen LogP contribution in [0.1, 0.15) is 130 Å². The highest BCUT2D eigenvalue weighted by Gasteiger charge is 2.57. The smallest absolute Gasteiger partial charge is 0.252 e. The molecule has 310 valence electrons. The number of anilines is 8. The average molecular weight is 802 g/mol. The zero-order chi connectivity index (χ0) is 43.0. The van der Waals surface area contributed by atoms with Gasteiger partial charge in [-0.2, -0.15) is 0 Å². The monoisotopic (exact) mass is 802 g/mol. The molecule has 61 heavy (non-hydrogen) atoms. The first-order chi connectivity index (χ1) is 28.8. The third-order valence-corrected chi connectivity index (χ3v) is 15.3. The van der Waals surface area contributed by atoms with Crippen molar-refractivity contribution in [3.63, 3.8) is 0 Å². The van der Waals surface area contributed by atoms with Gasteiger partial charge in [-0.25, -0.2) is 0 Å². The van der Waals surface area contributed by atoms with Crippen LogP contribution in [-0.2, 0) is 21.7 Å². The first kappa shape index (κ1) is 39.9. The molecule has 0 N–H and O–H groups in total. The molecule has 1 aliphatic carbocycles. The molecule has 3 aliphatic heterocycles. The van der Waals surface area contributed by atoms with Gasteiger partial charge >= 0.3 is 0 Å². The van der Waals surface area contributed by atoms with E-state index in [0.29, 0.717) is 0 Å². The van der Waals surface area contributed by atoms with Crippen LogP contribution in [0.4, 0.5) is 45.5 Å². The summed E-state index contributed by atoms with van der Waals surface area (Å²) in [6.45, 7) is 28.3. The quantitative estimate of drug-likeness (QED) is 0.165.